The maximum Gasteiger partial charge on any atom is 0.115 e. The molecule has 0 saturated carbocycles. The van der Waals surface area contributed by atoms with Crippen LogP contribution in [0.3, 0.4) is 0 Å². The van der Waals surface area contributed by atoms with Crippen LogP contribution >= 0.6 is 12.4 Å². The third kappa shape index (κ3) is 3.26. The lowest BCUT2D eigenvalue weighted by Gasteiger charge is -2.20. The molecule has 0 bridgehead atoms. The summed E-state index contributed by atoms with van der Waals surface area (Å²) in [6.45, 7) is 4.39. The average molecular weight is 440 g/mol. The average Bonchev–Trinajstić information content (AvgIpc) is 3.54. The molecule has 0 spiro atoms. The van der Waals surface area contributed by atoms with Gasteiger partial charge >= 0.3 is 0 Å². The van der Waals surface area contributed by atoms with Crippen molar-refractivity contribution in [3.8, 4) is 22.5 Å². The Labute approximate surface area is 186 Å². The van der Waals surface area contributed by atoms with Crippen LogP contribution in [0.2, 0.25) is 0 Å². The molecule has 1 unspecified atom stereocenters. The van der Waals surface area contributed by atoms with Gasteiger partial charge < -0.3 is 14.6 Å². The number of aryl methyl sites for hydroxylation is 2. The predicted molar refractivity (Wildman–Crippen MR) is 121 cm³/mol. The van der Waals surface area contributed by atoms with E-state index in [0.717, 1.165) is 72.7 Å². The Morgan fingerprint density at radius 2 is 2.06 bits per heavy atom. The van der Waals surface area contributed by atoms with Crippen LogP contribution in [0.5, 0.6) is 0 Å². The van der Waals surface area contributed by atoms with E-state index < -0.39 is 0 Å². The van der Waals surface area contributed by atoms with Gasteiger partial charge in [0.15, 0.2) is 0 Å². The molecular formula is C22H26ClN7O. The van der Waals surface area contributed by atoms with E-state index in [0.29, 0.717) is 5.92 Å². The zero-order valence-corrected chi connectivity index (χ0v) is 18.5. The lowest BCUT2D eigenvalue weighted by Crippen LogP contribution is -2.29. The van der Waals surface area contributed by atoms with Crippen LogP contribution in [0.4, 0.5) is 0 Å². The highest BCUT2D eigenvalue weighted by molar-refractivity contribution is 5.95. The molecule has 0 aliphatic carbocycles. The van der Waals surface area contributed by atoms with Crippen LogP contribution in [0, 0.1) is 0 Å². The Morgan fingerprint density at radius 3 is 2.84 bits per heavy atom. The highest BCUT2D eigenvalue weighted by Crippen LogP contribution is 2.35. The van der Waals surface area contributed by atoms with Crippen molar-refractivity contribution in [2.75, 3.05) is 19.8 Å². The molecule has 2 aliphatic heterocycles. The molecule has 4 aromatic rings. The third-order valence-electron chi connectivity index (χ3n) is 6.30. The molecule has 1 N–H and O–H groups in total. The van der Waals surface area contributed by atoms with Crippen LogP contribution in [-0.2, 0) is 31.9 Å². The number of hydrogen-bond acceptors (Lipinski definition) is 5. The van der Waals surface area contributed by atoms with E-state index in [1.54, 1.807) is 0 Å². The van der Waals surface area contributed by atoms with E-state index in [-0.39, 0.29) is 12.4 Å². The molecular weight excluding hydrogens is 414 g/mol. The number of rotatable bonds is 3. The van der Waals surface area contributed by atoms with Gasteiger partial charge in [-0.2, -0.15) is 10.2 Å². The zero-order valence-electron chi connectivity index (χ0n) is 17.7. The van der Waals surface area contributed by atoms with Crippen molar-refractivity contribution in [1.29, 1.82) is 0 Å². The standard InChI is InChI=1S/C22H25N7O.ClH/c1-27-12-16(10-24-27)20-17-9-14(3-4-18(17)28(2)26-20)21-19-11-23-6-7-29(19)22(25-21)15-5-8-30-13-15;/h3-4,9-10,12,15,23H,5-8,11,13H2,1-2H3;1H. The maximum absolute atomic E-state index is 5.66. The second-order valence-electron chi connectivity index (χ2n) is 8.26. The molecule has 0 amide bonds. The quantitative estimate of drug-likeness (QED) is 0.531. The van der Waals surface area contributed by atoms with E-state index >= 15 is 0 Å². The molecule has 8 nitrogen and oxygen atoms in total. The molecule has 9 heteroatoms. The largest absolute Gasteiger partial charge is 0.381 e. The molecule has 2 aliphatic rings. The number of hydrogen-bond donors (Lipinski definition) is 1. The number of aromatic nitrogens is 6. The van der Waals surface area contributed by atoms with Gasteiger partial charge in [0, 0.05) is 69.0 Å². The third-order valence-corrected chi connectivity index (χ3v) is 6.30. The van der Waals surface area contributed by atoms with Crippen LogP contribution in [0.1, 0.15) is 23.9 Å². The lowest BCUT2D eigenvalue weighted by molar-refractivity contribution is 0.192. The molecule has 5 heterocycles. The molecule has 6 rings (SSSR count). The summed E-state index contributed by atoms with van der Waals surface area (Å²) in [7, 11) is 3.92. The number of halogens is 1. The van der Waals surface area contributed by atoms with E-state index in [2.05, 4.69) is 33.2 Å². The Bertz CT molecular complexity index is 1250. The van der Waals surface area contributed by atoms with Crippen LogP contribution in [0.25, 0.3) is 33.4 Å². The topological polar surface area (TPSA) is 74.7 Å². The Hall–Kier alpha value is -2.68. The van der Waals surface area contributed by atoms with Crippen molar-refractivity contribution in [2.45, 2.75) is 25.4 Å². The molecule has 1 aromatic carbocycles. The number of ether oxygens (including phenoxy) is 1. The van der Waals surface area contributed by atoms with Gasteiger partial charge in [-0.1, -0.05) is 6.07 Å². The van der Waals surface area contributed by atoms with Crippen molar-refractivity contribution in [1.82, 2.24) is 34.4 Å². The van der Waals surface area contributed by atoms with E-state index in [1.165, 1.54) is 11.5 Å². The molecule has 1 saturated heterocycles. The Balaban J connectivity index is 0.00000204. The summed E-state index contributed by atoms with van der Waals surface area (Å²) >= 11 is 0. The smallest absolute Gasteiger partial charge is 0.115 e. The maximum atomic E-state index is 5.66. The highest BCUT2D eigenvalue weighted by Gasteiger charge is 2.28. The number of imidazole rings is 1. The molecule has 1 atom stereocenters. The fourth-order valence-electron chi connectivity index (χ4n) is 4.78. The van der Waals surface area contributed by atoms with Crippen molar-refractivity contribution in [3.63, 3.8) is 0 Å². The fraction of sp³-hybridized carbons (Fsp3) is 0.409. The second kappa shape index (κ2) is 7.78. The van der Waals surface area contributed by atoms with Crippen LogP contribution in [-0.4, -0.2) is 48.9 Å². The normalized spacial score (nSPS) is 18.3. The SMILES string of the molecule is Cl.Cn1cc(-c2nn(C)c3ccc(-c4nc(C5CCOC5)n5c4CNCC5)cc23)cn1. The van der Waals surface area contributed by atoms with Gasteiger partial charge in [0.05, 0.1) is 29.7 Å². The van der Waals surface area contributed by atoms with Gasteiger partial charge in [-0.3, -0.25) is 9.36 Å². The van der Waals surface area contributed by atoms with Crippen molar-refractivity contribution in [3.05, 3.63) is 42.1 Å². The first-order valence-corrected chi connectivity index (χ1v) is 10.5. The van der Waals surface area contributed by atoms with E-state index in [4.69, 9.17) is 14.8 Å². The number of benzene rings is 1. The first-order valence-electron chi connectivity index (χ1n) is 10.5. The summed E-state index contributed by atoms with van der Waals surface area (Å²) in [5.74, 6) is 1.57. The van der Waals surface area contributed by atoms with Crippen LogP contribution < -0.4 is 5.32 Å². The van der Waals surface area contributed by atoms with Gasteiger partial charge in [0.25, 0.3) is 0 Å². The van der Waals surface area contributed by atoms with Gasteiger partial charge in [0.1, 0.15) is 11.5 Å². The molecule has 31 heavy (non-hydrogen) atoms. The molecule has 3 aromatic heterocycles. The summed E-state index contributed by atoms with van der Waals surface area (Å²) < 4.78 is 11.8. The highest BCUT2D eigenvalue weighted by atomic mass is 35.5. The van der Waals surface area contributed by atoms with Crippen molar-refractivity contribution in [2.24, 2.45) is 14.1 Å². The molecule has 162 valence electrons. The Kier molecular flexibility index (Phi) is 5.08. The fourth-order valence-corrected chi connectivity index (χ4v) is 4.78. The minimum Gasteiger partial charge on any atom is -0.381 e. The zero-order chi connectivity index (χ0) is 20.2. The number of nitrogens with zero attached hydrogens (tertiary/aromatic N) is 6. The lowest BCUT2D eigenvalue weighted by atomic mass is 10.0. The Morgan fingerprint density at radius 1 is 1.16 bits per heavy atom. The van der Waals surface area contributed by atoms with E-state index in [9.17, 15) is 0 Å². The number of fused-ring (bicyclic) bond motifs is 2. The summed E-state index contributed by atoms with van der Waals surface area (Å²) in [6, 6.07) is 6.55. The van der Waals surface area contributed by atoms with Crippen molar-refractivity contribution >= 4 is 23.3 Å². The molecule has 0 radical (unpaired) electrons. The summed E-state index contributed by atoms with van der Waals surface area (Å²) in [6.07, 6.45) is 4.93. The van der Waals surface area contributed by atoms with Gasteiger partial charge in [-0.15, -0.1) is 12.4 Å². The van der Waals surface area contributed by atoms with Gasteiger partial charge in [-0.25, -0.2) is 4.98 Å². The van der Waals surface area contributed by atoms with Crippen LogP contribution in [0.15, 0.2) is 30.6 Å². The van der Waals surface area contributed by atoms with Crippen molar-refractivity contribution < 1.29 is 4.74 Å². The summed E-state index contributed by atoms with van der Waals surface area (Å²) in [5, 5.41) is 13.7. The first-order chi connectivity index (χ1) is 14.7. The summed E-state index contributed by atoms with van der Waals surface area (Å²) in [5.41, 5.74) is 6.57. The second-order valence-corrected chi connectivity index (χ2v) is 8.26. The van der Waals surface area contributed by atoms with E-state index in [1.807, 2.05) is 35.9 Å². The minimum atomic E-state index is 0. The predicted octanol–water partition coefficient (Wildman–Crippen LogP) is 2.87. The molecule has 1 fully saturated rings. The first kappa shape index (κ1) is 20.2. The minimum absolute atomic E-state index is 0. The number of nitrogens with one attached hydrogen (secondary N) is 1. The summed E-state index contributed by atoms with van der Waals surface area (Å²) in [4.78, 5) is 5.16. The van der Waals surface area contributed by atoms with Gasteiger partial charge in [0.2, 0.25) is 0 Å². The monoisotopic (exact) mass is 439 g/mol. The van der Waals surface area contributed by atoms with Gasteiger partial charge in [-0.05, 0) is 18.6 Å².